The first-order valence-corrected chi connectivity index (χ1v) is 11.6. The van der Waals surface area contributed by atoms with Gasteiger partial charge < -0.3 is 15.4 Å². The Kier molecular flexibility index (Phi) is 8.59. The Balaban J connectivity index is 1.87. The molecule has 1 heterocycles. The van der Waals surface area contributed by atoms with Crippen molar-refractivity contribution < 1.29 is 23.6 Å². The molecule has 1 aliphatic heterocycles. The molecule has 2 aromatic rings. The first-order valence-electron chi connectivity index (χ1n) is 10.6. The summed E-state index contributed by atoms with van der Waals surface area (Å²) in [5, 5.41) is 26.7. The highest BCUT2D eigenvalue weighted by Gasteiger charge is 2.37. The second-order valence-corrected chi connectivity index (χ2v) is 8.49. The van der Waals surface area contributed by atoms with Gasteiger partial charge in [-0.25, -0.2) is 9.18 Å². The molecule has 0 spiro atoms. The molecule has 184 valence electrons. The molecule has 2 aromatic carbocycles. The van der Waals surface area contributed by atoms with Crippen LogP contribution in [0.5, 0.6) is 0 Å². The number of non-ortho nitro benzene ring substituents is 1. The minimum absolute atomic E-state index is 0.0596. The summed E-state index contributed by atoms with van der Waals surface area (Å²) in [5.41, 5.74) is 0.873. The van der Waals surface area contributed by atoms with Gasteiger partial charge in [0.1, 0.15) is 12.4 Å². The lowest BCUT2D eigenvalue weighted by atomic mass is 9.82. The maximum atomic E-state index is 14.8. The molecule has 1 aliphatic rings. The first-order chi connectivity index (χ1) is 17.3. The van der Waals surface area contributed by atoms with Crippen LogP contribution in [0.4, 0.5) is 15.8 Å². The third-order valence-corrected chi connectivity index (χ3v) is 6.14. The van der Waals surface area contributed by atoms with E-state index in [1.54, 1.807) is 13.0 Å². The molecule has 0 aromatic heterocycles. The molecule has 11 heteroatoms. The number of nitriles is 1. The Bertz CT molecular complexity index is 1310. The number of allylic oxidation sites excluding steroid dienone is 2. The maximum Gasteiger partial charge on any atom is 0.337 e. The third kappa shape index (κ3) is 5.97. The van der Waals surface area contributed by atoms with Gasteiger partial charge in [0.25, 0.3) is 5.69 Å². The van der Waals surface area contributed by atoms with Gasteiger partial charge in [0.2, 0.25) is 5.91 Å². The number of halogens is 1. The van der Waals surface area contributed by atoms with Crippen LogP contribution in [0.3, 0.4) is 0 Å². The highest BCUT2D eigenvalue weighted by atomic mass is 32.2. The molecule has 0 saturated carbocycles. The van der Waals surface area contributed by atoms with E-state index in [0.717, 1.165) is 11.8 Å². The van der Waals surface area contributed by atoms with Crippen molar-refractivity contribution in [3.63, 3.8) is 0 Å². The molecule has 36 heavy (non-hydrogen) atoms. The number of carbonyl (C=O) groups excluding carboxylic acids is 2. The molecular formula is C25H21FN4O5S. The lowest BCUT2D eigenvalue weighted by molar-refractivity contribution is -0.384. The van der Waals surface area contributed by atoms with Gasteiger partial charge >= 0.3 is 5.97 Å². The molecular weight excluding hydrogens is 487 g/mol. The number of anilines is 1. The molecule has 9 nitrogen and oxygen atoms in total. The summed E-state index contributed by atoms with van der Waals surface area (Å²) < 4.78 is 20.0. The predicted molar refractivity (Wildman–Crippen MR) is 133 cm³/mol. The highest BCUT2D eigenvalue weighted by molar-refractivity contribution is 8.03. The number of thioether (sulfide) groups is 1. The fourth-order valence-corrected chi connectivity index (χ4v) is 4.42. The topological polar surface area (TPSA) is 134 Å². The number of ether oxygens (including phenoxy) is 1. The minimum Gasteiger partial charge on any atom is -0.458 e. The number of nitrogens with one attached hydrogen (secondary N) is 2. The average Bonchev–Trinajstić information content (AvgIpc) is 2.86. The number of nitrogens with zero attached hydrogens (tertiary/aromatic N) is 2. The van der Waals surface area contributed by atoms with Crippen LogP contribution in [-0.2, 0) is 14.3 Å². The van der Waals surface area contributed by atoms with Gasteiger partial charge in [-0.05, 0) is 25.1 Å². The molecule has 2 N–H and O–H groups in total. The number of amides is 1. The smallest absolute Gasteiger partial charge is 0.337 e. The van der Waals surface area contributed by atoms with E-state index in [0.29, 0.717) is 16.4 Å². The van der Waals surface area contributed by atoms with Gasteiger partial charge in [0.05, 0.1) is 38.8 Å². The van der Waals surface area contributed by atoms with Crippen molar-refractivity contribution in [3.8, 4) is 6.07 Å². The third-order valence-electron chi connectivity index (χ3n) is 5.13. The van der Waals surface area contributed by atoms with E-state index in [1.165, 1.54) is 48.5 Å². The van der Waals surface area contributed by atoms with Crippen LogP contribution in [-0.4, -0.2) is 29.2 Å². The SMILES string of the molecule is C=CCOC(=O)C1=C(C)NC(SCC(=O)Nc2ccc([N+](=O)[O-])cc2)=C(C#N)[C@H]1c1ccccc1F. The van der Waals surface area contributed by atoms with Gasteiger partial charge in [0, 0.05) is 29.1 Å². The van der Waals surface area contributed by atoms with Gasteiger partial charge in [-0.15, -0.1) is 0 Å². The number of rotatable bonds is 9. The fraction of sp³-hybridized carbons (Fsp3) is 0.160. The van der Waals surface area contributed by atoms with Gasteiger partial charge in [-0.2, -0.15) is 5.26 Å². The van der Waals surface area contributed by atoms with Crippen molar-refractivity contribution in [1.29, 1.82) is 5.26 Å². The van der Waals surface area contributed by atoms with Crippen molar-refractivity contribution in [3.05, 3.63) is 105 Å². The van der Waals surface area contributed by atoms with E-state index < -0.39 is 28.5 Å². The zero-order valence-electron chi connectivity index (χ0n) is 19.1. The molecule has 1 atom stereocenters. The highest BCUT2D eigenvalue weighted by Crippen LogP contribution is 2.41. The van der Waals surface area contributed by atoms with Crippen LogP contribution in [0.25, 0.3) is 0 Å². The standard InChI is InChI=1S/C25H21FN4O5S/c1-3-12-35-25(32)22-15(2)28-24(19(13-27)23(22)18-6-4-5-7-20(18)26)36-14-21(31)29-16-8-10-17(11-9-16)30(33)34/h3-11,23,28H,1,12,14H2,2H3,(H,29,31)/t23-/m1/s1. The molecule has 3 rings (SSSR count). The molecule has 0 saturated heterocycles. The predicted octanol–water partition coefficient (Wildman–Crippen LogP) is 4.53. The van der Waals surface area contributed by atoms with E-state index in [1.807, 2.05) is 0 Å². The van der Waals surface area contributed by atoms with Crippen LogP contribution in [0.2, 0.25) is 0 Å². The molecule has 0 bridgehead atoms. The second kappa shape index (κ2) is 11.8. The molecule has 0 unspecified atom stereocenters. The van der Waals surface area contributed by atoms with Crippen molar-refractivity contribution in [1.82, 2.24) is 5.32 Å². The number of hydrogen-bond acceptors (Lipinski definition) is 8. The van der Waals surface area contributed by atoms with Crippen LogP contribution < -0.4 is 10.6 Å². The number of benzene rings is 2. The van der Waals surface area contributed by atoms with Gasteiger partial charge in [-0.3, -0.25) is 14.9 Å². The summed E-state index contributed by atoms with van der Waals surface area (Å²) in [7, 11) is 0. The van der Waals surface area contributed by atoms with Crippen LogP contribution in [0.15, 0.2) is 83.1 Å². The van der Waals surface area contributed by atoms with Crippen molar-refractivity contribution >= 4 is 35.0 Å². The molecule has 0 fully saturated rings. The minimum atomic E-state index is -1.05. The molecule has 0 aliphatic carbocycles. The Morgan fingerprint density at radius 3 is 2.61 bits per heavy atom. The van der Waals surface area contributed by atoms with Gasteiger partial charge in [-0.1, -0.05) is 42.6 Å². The van der Waals surface area contributed by atoms with Crippen molar-refractivity contribution in [2.75, 3.05) is 17.7 Å². The van der Waals surface area contributed by atoms with Crippen molar-refractivity contribution in [2.24, 2.45) is 0 Å². The average molecular weight is 509 g/mol. The lowest BCUT2D eigenvalue weighted by Crippen LogP contribution is -2.30. The summed E-state index contributed by atoms with van der Waals surface area (Å²) in [4.78, 5) is 35.6. The van der Waals surface area contributed by atoms with E-state index in [-0.39, 0.29) is 34.8 Å². The Morgan fingerprint density at radius 1 is 1.31 bits per heavy atom. The quantitative estimate of drug-likeness (QED) is 0.218. The van der Waals surface area contributed by atoms with E-state index in [9.17, 15) is 29.4 Å². The van der Waals surface area contributed by atoms with Crippen molar-refractivity contribution in [2.45, 2.75) is 12.8 Å². The number of esters is 1. The first kappa shape index (κ1) is 26.2. The maximum absolute atomic E-state index is 14.8. The summed E-state index contributed by atoms with van der Waals surface area (Å²) >= 11 is 1.01. The Morgan fingerprint density at radius 2 is 2.00 bits per heavy atom. The number of carbonyl (C=O) groups is 2. The normalized spacial score (nSPS) is 15.0. The number of hydrogen-bond donors (Lipinski definition) is 2. The zero-order chi connectivity index (χ0) is 26.2. The monoisotopic (exact) mass is 508 g/mol. The van der Waals surface area contributed by atoms with Crippen LogP contribution >= 0.6 is 11.8 Å². The molecule has 1 amide bonds. The van der Waals surface area contributed by atoms with E-state index in [2.05, 4.69) is 23.3 Å². The fourth-order valence-electron chi connectivity index (χ4n) is 3.53. The van der Waals surface area contributed by atoms with Crippen LogP contribution in [0, 0.1) is 27.3 Å². The number of nitro benzene ring substituents is 1. The molecule has 0 radical (unpaired) electrons. The van der Waals surface area contributed by atoms with E-state index >= 15 is 0 Å². The van der Waals surface area contributed by atoms with E-state index in [4.69, 9.17) is 4.74 Å². The van der Waals surface area contributed by atoms with Gasteiger partial charge in [0.15, 0.2) is 0 Å². The summed E-state index contributed by atoms with van der Waals surface area (Å²) in [5.74, 6) is -2.92. The Hall–Kier alpha value is -4.43. The lowest BCUT2D eigenvalue weighted by Gasteiger charge is -2.29. The summed E-state index contributed by atoms with van der Waals surface area (Å²) in [6.07, 6.45) is 1.40. The second-order valence-electron chi connectivity index (χ2n) is 7.50. The van der Waals surface area contributed by atoms with Crippen LogP contribution in [0.1, 0.15) is 18.4 Å². The zero-order valence-corrected chi connectivity index (χ0v) is 19.9. The summed E-state index contributed by atoms with van der Waals surface area (Å²) in [6.45, 7) is 5.05. The Labute approximate surface area is 210 Å². The summed E-state index contributed by atoms with van der Waals surface area (Å²) in [6, 6.07) is 13.2. The number of dihydropyridines is 1. The number of nitro groups is 1. The largest absolute Gasteiger partial charge is 0.458 e.